The van der Waals surface area contributed by atoms with Crippen molar-refractivity contribution in [3.8, 4) is 11.5 Å². The SMILES string of the molecule is COc1ccc(CCNC(=O)C2CCN(S(C)(=O)=O)c3cc(Cl)ccc3O2)cc1. The summed E-state index contributed by atoms with van der Waals surface area (Å²) in [5.41, 5.74) is 1.41. The van der Waals surface area contributed by atoms with Crippen LogP contribution < -0.4 is 19.1 Å². The number of nitrogens with zero attached hydrogens (tertiary/aromatic N) is 1. The van der Waals surface area contributed by atoms with Gasteiger partial charge in [0, 0.05) is 24.5 Å². The lowest BCUT2D eigenvalue weighted by molar-refractivity contribution is -0.128. The highest BCUT2D eigenvalue weighted by Gasteiger charge is 2.31. The molecule has 0 aliphatic carbocycles. The van der Waals surface area contributed by atoms with E-state index in [0.717, 1.165) is 17.6 Å². The highest BCUT2D eigenvalue weighted by atomic mass is 35.5. The number of ether oxygens (including phenoxy) is 2. The smallest absolute Gasteiger partial charge is 0.261 e. The van der Waals surface area contributed by atoms with Gasteiger partial charge in [0.2, 0.25) is 10.0 Å². The third-order valence-electron chi connectivity index (χ3n) is 4.62. The minimum Gasteiger partial charge on any atom is -0.497 e. The van der Waals surface area contributed by atoms with Gasteiger partial charge in [-0.2, -0.15) is 0 Å². The van der Waals surface area contributed by atoms with E-state index in [4.69, 9.17) is 21.1 Å². The molecule has 0 saturated heterocycles. The Kier molecular flexibility index (Phi) is 6.54. The number of hydrogen-bond acceptors (Lipinski definition) is 5. The normalized spacial score (nSPS) is 16.4. The summed E-state index contributed by atoms with van der Waals surface area (Å²) < 4.78 is 36.6. The van der Waals surface area contributed by atoms with E-state index in [9.17, 15) is 13.2 Å². The quantitative estimate of drug-likeness (QED) is 0.749. The lowest BCUT2D eigenvalue weighted by Crippen LogP contribution is -2.40. The van der Waals surface area contributed by atoms with Crippen LogP contribution in [0.5, 0.6) is 11.5 Å². The zero-order valence-corrected chi connectivity index (χ0v) is 17.8. The van der Waals surface area contributed by atoms with Gasteiger partial charge >= 0.3 is 0 Å². The number of hydrogen-bond donors (Lipinski definition) is 1. The maximum atomic E-state index is 12.6. The summed E-state index contributed by atoms with van der Waals surface area (Å²) in [6.07, 6.45) is 1.21. The van der Waals surface area contributed by atoms with Crippen LogP contribution in [0.15, 0.2) is 42.5 Å². The van der Waals surface area contributed by atoms with Crippen LogP contribution in [0.25, 0.3) is 0 Å². The molecular weight excluding hydrogens is 416 g/mol. The van der Waals surface area contributed by atoms with Crippen LogP contribution in [0, 0.1) is 0 Å². The maximum Gasteiger partial charge on any atom is 0.261 e. The number of nitrogens with one attached hydrogen (secondary N) is 1. The Morgan fingerprint density at radius 2 is 2.00 bits per heavy atom. The first-order chi connectivity index (χ1) is 13.8. The number of benzene rings is 2. The zero-order chi connectivity index (χ0) is 21.0. The molecule has 1 aliphatic rings. The van der Waals surface area contributed by atoms with Gasteiger partial charge in [-0.05, 0) is 42.3 Å². The largest absolute Gasteiger partial charge is 0.497 e. The second-order valence-electron chi connectivity index (χ2n) is 6.73. The summed E-state index contributed by atoms with van der Waals surface area (Å²) in [6, 6.07) is 12.3. The number of halogens is 1. The van der Waals surface area contributed by atoms with Crippen LogP contribution >= 0.6 is 11.6 Å². The van der Waals surface area contributed by atoms with Crippen molar-refractivity contribution in [1.29, 1.82) is 0 Å². The second kappa shape index (κ2) is 8.92. The summed E-state index contributed by atoms with van der Waals surface area (Å²) in [4.78, 5) is 12.6. The molecule has 3 rings (SSSR count). The highest BCUT2D eigenvalue weighted by molar-refractivity contribution is 7.92. The number of rotatable bonds is 6. The van der Waals surface area contributed by atoms with Crippen molar-refractivity contribution in [2.75, 3.05) is 30.8 Å². The van der Waals surface area contributed by atoms with E-state index in [1.165, 1.54) is 10.4 Å². The molecule has 9 heteroatoms. The molecular formula is C20H23ClN2O5S. The average Bonchev–Trinajstić information content (AvgIpc) is 2.87. The maximum absolute atomic E-state index is 12.6. The van der Waals surface area contributed by atoms with Crippen molar-refractivity contribution in [3.05, 3.63) is 53.1 Å². The van der Waals surface area contributed by atoms with Crippen molar-refractivity contribution in [2.24, 2.45) is 0 Å². The van der Waals surface area contributed by atoms with Gasteiger partial charge < -0.3 is 14.8 Å². The summed E-state index contributed by atoms with van der Waals surface area (Å²) >= 11 is 6.03. The molecule has 2 aromatic rings. The molecule has 29 heavy (non-hydrogen) atoms. The van der Waals surface area contributed by atoms with Gasteiger partial charge in [-0.15, -0.1) is 0 Å². The molecule has 0 aromatic heterocycles. The number of methoxy groups -OCH3 is 1. The molecule has 7 nitrogen and oxygen atoms in total. The van der Waals surface area contributed by atoms with Gasteiger partial charge in [0.25, 0.3) is 5.91 Å². The van der Waals surface area contributed by atoms with E-state index in [1.807, 2.05) is 24.3 Å². The van der Waals surface area contributed by atoms with Gasteiger partial charge in [-0.1, -0.05) is 23.7 Å². The van der Waals surface area contributed by atoms with Crippen molar-refractivity contribution < 1.29 is 22.7 Å². The fourth-order valence-electron chi connectivity index (χ4n) is 3.12. The van der Waals surface area contributed by atoms with Crippen molar-refractivity contribution >= 4 is 33.2 Å². The van der Waals surface area contributed by atoms with Gasteiger partial charge in [-0.3, -0.25) is 9.10 Å². The summed E-state index contributed by atoms with van der Waals surface area (Å²) in [7, 11) is -1.92. The number of anilines is 1. The monoisotopic (exact) mass is 438 g/mol. The third kappa shape index (κ3) is 5.33. The van der Waals surface area contributed by atoms with Gasteiger partial charge in [0.05, 0.1) is 19.1 Å². The minimum absolute atomic E-state index is 0.128. The minimum atomic E-state index is -3.53. The molecule has 0 saturated carbocycles. The first-order valence-electron chi connectivity index (χ1n) is 9.12. The van der Waals surface area contributed by atoms with Crippen LogP contribution in [0.3, 0.4) is 0 Å². The molecule has 1 N–H and O–H groups in total. The van der Waals surface area contributed by atoms with Gasteiger partial charge in [0.1, 0.15) is 11.5 Å². The van der Waals surface area contributed by atoms with Crippen LogP contribution in [-0.4, -0.2) is 46.9 Å². The second-order valence-corrected chi connectivity index (χ2v) is 9.07. The molecule has 156 valence electrons. The Bertz CT molecular complexity index is 979. The Balaban J connectivity index is 1.66. The van der Waals surface area contributed by atoms with Gasteiger partial charge in [0.15, 0.2) is 6.10 Å². The van der Waals surface area contributed by atoms with E-state index in [1.54, 1.807) is 19.2 Å². The molecule has 0 spiro atoms. The number of amides is 1. The lowest BCUT2D eigenvalue weighted by atomic mass is 10.1. The Morgan fingerprint density at radius 1 is 1.28 bits per heavy atom. The van der Waals surface area contributed by atoms with E-state index in [2.05, 4.69) is 5.32 Å². The van der Waals surface area contributed by atoms with Crippen LogP contribution in [-0.2, 0) is 21.2 Å². The molecule has 1 heterocycles. The topological polar surface area (TPSA) is 84.9 Å². The summed E-state index contributed by atoms with van der Waals surface area (Å²) in [5.74, 6) is 0.807. The summed E-state index contributed by atoms with van der Waals surface area (Å²) in [5, 5.41) is 3.26. The van der Waals surface area contributed by atoms with E-state index < -0.39 is 16.1 Å². The Morgan fingerprint density at radius 3 is 2.66 bits per heavy atom. The van der Waals surface area contributed by atoms with E-state index in [-0.39, 0.29) is 18.9 Å². The van der Waals surface area contributed by atoms with E-state index in [0.29, 0.717) is 29.4 Å². The standard InChI is InChI=1S/C20H23ClN2O5S/c1-27-16-6-3-14(4-7-16)9-11-22-20(24)19-10-12-23(29(2,25)26)17-13-15(21)5-8-18(17)28-19/h3-8,13,19H,9-12H2,1-2H3,(H,22,24). The number of carbonyl (C=O) groups excluding carboxylic acids is 1. The first kappa shape index (κ1) is 21.3. The molecule has 1 unspecified atom stereocenters. The average molecular weight is 439 g/mol. The third-order valence-corrected chi connectivity index (χ3v) is 6.03. The predicted octanol–water partition coefficient (Wildman–Crippen LogP) is 2.62. The zero-order valence-electron chi connectivity index (χ0n) is 16.2. The van der Waals surface area contributed by atoms with Crippen molar-refractivity contribution in [1.82, 2.24) is 5.32 Å². The Hall–Kier alpha value is -2.45. The molecule has 1 aliphatic heterocycles. The lowest BCUT2D eigenvalue weighted by Gasteiger charge is -2.21. The van der Waals surface area contributed by atoms with Crippen LogP contribution in [0.2, 0.25) is 5.02 Å². The fraction of sp³-hybridized carbons (Fsp3) is 0.350. The molecule has 0 radical (unpaired) electrons. The van der Waals surface area contributed by atoms with Gasteiger partial charge in [-0.25, -0.2) is 8.42 Å². The predicted molar refractivity (Wildman–Crippen MR) is 112 cm³/mol. The molecule has 1 atom stereocenters. The fourth-order valence-corrected chi connectivity index (χ4v) is 4.22. The summed E-state index contributed by atoms with van der Waals surface area (Å²) in [6.45, 7) is 0.566. The number of fused-ring (bicyclic) bond motifs is 1. The molecule has 0 fully saturated rings. The van der Waals surface area contributed by atoms with Crippen molar-refractivity contribution in [2.45, 2.75) is 18.9 Å². The Labute approximate surface area is 175 Å². The van der Waals surface area contributed by atoms with Crippen molar-refractivity contribution in [3.63, 3.8) is 0 Å². The molecule has 0 bridgehead atoms. The van der Waals surface area contributed by atoms with Crippen LogP contribution in [0.4, 0.5) is 5.69 Å². The molecule has 1 amide bonds. The number of sulfonamides is 1. The van der Waals surface area contributed by atoms with Crippen LogP contribution in [0.1, 0.15) is 12.0 Å². The molecule has 2 aromatic carbocycles. The highest BCUT2D eigenvalue weighted by Crippen LogP contribution is 2.36. The first-order valence-corrected chi connectivity index (χ1v) is 11.3. The van der Waals surface area contributed by atoms with E-state index >= 15 is 0 Å². The number of carbonyl (C=O) groups is 1.